The van der Waals surface area contributed by atoms with E-state index < -0.39 is 0 Å². The molecule has 0 aliphatic rings. The average Bonchev–Trinajstić information content (AvgIpc) is 2.37. The fourth-order valence-electron chi connectivity index (χ4n) is 1.84. The minimum Gasteiger partial charge on any atom is -0.496 e. The smallest absolute Gasteiger partial charge is 0.338 e. The summed E-state index contributed by atoms with van der Waals surface area (Å²) < 4.78 is 10.3. The van der Waals surface area contributed by atoms with Gasteiger partial charge >= 0.3 is 5.97 Å². The Morgan fingerprint density at radius 1 is 1.12 bits per heavy atom. The van der Waals surface area contributed by atoms with Crippen LogP contribution in [0.5, 0.6) is 5.75 Å². The molecule has 0 radical (unpaired) electrons. The summed E-state index contributed by atoms with van der Waals surface area (Å²) >= 11 is 0. The summed E-state index contributed by atoms with van der Waals surface area (Å²) in [5.41, 5.74) is 0.572. The molecule has 0 saturated carbocycles. The van der Waals surface area contributed by atoms with Crippen molar-refractivity contribution in [2.45, 2.75) is 6.92 Å². The minimum atomic E-state index is -0.300. The molecule has 2 aromatic rings. The van der Waals surface area contributed by atoms with Gasteiger partial charge < -0.3 is 9.47 Å². The first kappa shape index (κ1) is 11.5. The molecule has 0 N–H and O–H groups in total. The monoisotopic (exact) mass is 230 g/mol. The Labute approximate surface area is 100.0 Å². The number of hydrogen-bond donors (Lipinski definition) is 0. The van der Waals surface area contributed by atoms with Gasteiger partial charge in [-0.2, -0.15) is 0 Å². The number of ether oxygens (including phenoxy) is 2. The third kappa shape index (κ3) is 2.09. The zero-order valence-corrected chi connectivity index (χ0v) is 9.90. The highest BCUT2D eigenvalue weighted by atomic mass is 16.5. The number of fused-ring (bicyclic) bond motifs is 1. The second-order valence-corrected chi connectivity index (χ2v) is 3.58. The van der Waals surface area contributed by atoms with E-state index >= 15 is 0 Å². The van der Waals surface area contributed by atoms with Crippen LogP contribution in [0.2, 0.25) is 0 Å². The van der Waals surface area contributed by atoms with Gasteiger partial charge in [-0.1, -0.05) is 24.3 Å². The lowest BCUT2D eigenvalue weighted by atomic mass is 10.0. The van der Waals surface area contributed by atoms with Gasteiger partial charge in [0, 0.05) is 5.39 Å². The lowest BCUT2D eigenvalue weighted by Gasteiger charge is -2.09. The highest BCUT2D eigenvalue weighted by molar-refractivity contribution is 6.06. The van der Waals surface area contributed by atoms with Gasteiger partial charge in [0.05, 0.1) is 19.3 Å². The number of benzene rings is 2. The van der Waals surface area contributed by atoms with E-state index in [1.165, 1.54) is 0 Å². The first-order valence-electron chi connectivity index (χ1n) is 5.50. The molecule has 88 valence electrons. The van der Waals surface area contributed by atoms with Crippen LogP contribution in [0.25, 0.3) is 10.8 Å². The topological polar surface area (TPSA) is 35.5 Å². The molecular weight excluding hydrogens is 216 g/mol. The highest BCUT2D eigenvalue weighted by Gasteiger charge is 2.12. The van der Waals surface area contributed by atoms with Crippen LogP contribution in [0, 0.1) is 0 Å². The highest BCUT2D eigenvalue weighted by Crippen LogP contribution is 2.28. The predicted molar refractivity (Wildman–Crippen MR) is 66.5 cm³/mol. The summed E-state index contributed by atoms with van der Waals surface area (Å²) in [5, 5.41) is 1.77. The first-order valence-corrected chi connectivity index (χ1v) is 5.50. The number of esters is 1. The second-order valence-electron chi connectivity index (χ2n) is 3.58. The summed E-state index contributed by atoms with van der Waals surface area (Å²) in [5.74, 6) is 0.458. The Hall–Kier alpha value is -2.03. The van der Waals surface area contributed by atoms with Crippen molar-refractivity contribution in [3.63, 3.8) is 0 Å². The van der Waals surface area contributed by atoms with Crippen LogP contribution in [0.1, 0.15) is 17.3 Å². The van der Waals surface area contributed by atoms with Gasteiger partial charge in [0.15, 0.2) is 0 Å². The summed E-state index contributed by atoms with van der Waals surface area (Å²) in [7, 11) is 1.62. The van der Waals surface area contributed by atoms with Gasteiger partial charge in [0.2, 0.25) is 0 Å². The van der Waals surface area contributed by atoms with Crippen molar-refractivity contribution in [3.8, 4) is 5.75 Å². The van der Waals surface area contributed by atoms with Crippen LogP contribution >= 0.6 is 0 Å². The maximum Gasteiger partial charge on any atom is 0.338 e. The van der Waals surface area contributed by atoms with E-state index in [0.29, 0.717) is 12.2 Å². The van der Waals surface area contributed by atoms with Crippen molar-refractivity contribution in [1.82, 2.24) is 0 Å². The van der Waals surface area contributed by atoms with Crippen molar-refractivity contribution in [3.05, 3.63) is 42.0 Å². The van der Waals surface area contributed by atoms with Gasteiger partial charge in [-0.05, 0) is 24.4 Å². The fourth-order valence-corrected chi connectivity index (χ4v) is 1.84. The normalized spacial score (nSPS) is 10.2. The van der Waals surface area contributed by atoms with Crippen molar-refractivity contribution in [2.24, 2.45) is 0 Å². The molecule has 17 heavy (non-hydrogen) atoms. The molecule has 3 heteroatoms. The van der Waals surface area contributed by atoms with E-state index in [4.69, 9.17) is 9.47 Å². The van der Waals surface area contributed by atoms with Crippen LogP contribution in [0.15, 0.2) is 36.4 Å². The zero-order valence-electron chi connectivity index (χ0n) is 9.90. The van der Waals surface area contributed by atoms with Crippen molar-refractivity contribution < 1.29 is 14.3 Å². The maximum atomic E-state index is 11.8. The van der Waals surface area contributed by atoms with E-state index in [-0.39, 0.29) is 5.97 Å². The lowest BCUT2D eigenvalue weighted by Crippen LogP contribution is -2.05. The third-order valence-electron chi connectivity index (χ3n) is 2.60. The van der Waals surface area contributed by atoms with Crippen molar-refractivity contribution >= 4 is 16.7 Å². The minimum absolute atomic E-state index is 0.300. The summed E-state index contributed by atoms with van der Waals surface area (Å²) in [6, 6.07) is 11.2. The first-order chi connectivity index (χ1) is 8.27. The van der Waals surface area contributed by atoms with Gasteiger partial charge in [0.1, 0.15) is 5.75 Å². The molecule has 0 aliphatic heterocycles. The number of carbonyl (C=O) groups excluding carboxylic acids is 1. The van der Waals surface area contributed by atoms with E-state index in [9.17, 15) is 4.79 Å². The second kappa shape index (κ2) is 4.87. The number of carbonyl (C=O) groups is 1. The predicted octanol–water partition coefficient (Wildman–Crippen LogP) is 3.03. The van der Waals surface area contributed by atoms with E-state index in [1.54, 1.807) is 26.2 Å². The molecule has 0 atom stereocenters. The SMILES string of the molecule is CCOC(=O)c1ccc(OC)c2ccccc12. The van der Waals surface area contributed by atoms with Gasteiger partial charge in [-0.15, -0.1) is 0 Å². The fraction of sp³-hybridized carbons (Fsp3) is 0.214. The quantitative estimate of drug-likeness (QED) is 0.760. The van der Waals surface area contributed by atoms with Crippen LogP contribution in [0.3, 0.4) is 0 Å². The molecule has 0 saturated heterocycles. The molecule has 0 heterocycles. The molecule has 0 spiro atoms. The zero-order chi connectivity index (χ0) is 12.3. The molecule has 2 aromatic carbocycles. The molecule has 3 nitrogen and oxygen atoms in total. The number of methoxy groups -OCH3 is 1. The largest absolute Gasteiger partial charge is 0.496 e. The standard InChI is InChI=1S/C14H14O3/c1-3-17-14(15)12-8-9-13(16-2)11-7-5-4-6-10(11)12/h4-9H,3H2,1-2H3. The average molecular weight is 230 g/mol. The van der Waals surface area contributed by atoms with E-state index in [2.05, 4.69) is 0 Å². The number of rotatable bonds is 3. The third-order valence-corrected chi connectivity index (χ3v) is 2.60. The molecule has 0 unspecified atom stereocenters. The Morgan fingerprint density at radius 2 is 1.82 bits per heavy atom. The van der Waals surface area contributed by atoms with Crippen LogP contribution < -0.4 is 4.74 Å². The molecule has 0 bridgehead atoms. The Kier molecular flexibility index (Phi) is 3.28. The number of hydrogen-bond acceptors (Lipinski definition) is 3. The van der Waals surface area contributed by atoms with Gasteiger partial charge in [0.25, 0.3) is 0 Å². The summed E-state index contributed by atoms with van der Waals surface area (Å²) in [4.78, 5) is 11.8. The molecular formula is C14H14O3. The van der Waals surface area contributed by atoms with Crippen LogP contribution in [0.4, 0.5) is 0 Å². The molecule has 0 aromatic heterocycles. The van der Waals surface area contributed by atoms with Gasteiger partial charge in [-0.3, -0.25) is 0 Å². The molecule has 2 rings (SSSR count). The summed E-state index contributed by atoms with van der Waals surface area (Å²) in [6.07, 6.45) is 0. The Bertz CT molecular complexity index is 546. The maximum absolute atomic E-state index is 11.8. The van der Waals surface area contributed by atoms with E-state index in [1.807, 2.05) is 24.3 Å². The summed E-state index contributed by atoms with van der Waals surface area (Å²) in [6.45, 7) is 2.17. The Morgan fingerprint density at radius 3 is 2.47 bits per heavy atom. The van der Waals surface area contributed by atoms with Crippen LogP contribution in [-0.2, 0) is 4.74 Å². The van der Waals surface area contributed by atoms with Crippen molar-refractivity contribution in [1.29, 1.82) is 0 Å². The lowest BCUT2D eigenvalue weighted by molar-refractivity contribution is 0.0528. The van der Waals surface area contributed by atoms with Crippen molar-refractivity contribution in [2.75, 3.05) is 13.7 Å². The van der Waals surface area contributed by atoms with E-state index in [0.717, 1.165) is 16.5 Å². The van der Waals surface area contributed by atoms with Gasteiger partial charge in [-0.25, -0.2) is 4.79 Å². The molecule has 0 fully saturated rings. The molecule has 0 amide bonds. The van der Waals surface area contributed by atoms with Crippen LogP contribution in [-0.4, -0.2) is 19.7 Å². The Balaban J connectivity index is 2.62. The molecule has 0 aliphatic carbocycles.